The van der Waals surface area contributed by atoms with E-state index in [-0.39, 0.29) is 68.5 Å². The van der Waals surface area contributed by atoms with Crippen LogP contribution in [0.5, 0.6) is 0 Å². The number of hydrogen-bond donors (Lipinski definition) is 2. The third-order valence-electron chi connectivity index (χ3n) is 8.83. The number of carbonyl (C=O) groups excluding carboxylic acids is 1. The van der Waals surface area contributed by atoms with Crippen molar-refractivity contribution in [3.8, 4) is 22.9 Å². The monoisotopic (exact) mass is 829 g/mol. The van der Waals surface area contributed by atoms with E-state index < -0.39 is 54.1 Å². The van der Waals surface area contributed by atoms with Crippen LogP contribution >= 0.6 is 11.6 Å². The van der Waals surface area contributed by atoms with Crippen molar-refractivity contribution in [1.29, 1.82) is 5.26 Å². The van der Waals surface area contributed by atoms with Gasteiger partial charge in [0.15, 0.2) is 0 Å². The number of hydrogen-bond acceptors (Lipinski definition) is 7. The Labute approximate surface area is 327 Å². The molecule has 0 bridgehead atoms. The maximum absolute atomic E-state index is 16.0. The van der Waals surface area contributed by atoms with E-state index in [4.69, 9.17) is 11.6 Å². The molecule has 1 amide bonds. The summed E-state index contributed by atoms with van der Waals surface area (Å²) in [6.07, 6.45) is -2.68. The van der Waals surface area contributed by atoms with E-state index in [1.165, 1.54) is 54.6 Å². The molecule has 0 aliphatic heterocycles. The number of alkyl halides is 3. The molecule has 5 rings (SSSR count). The lowest BCUT2D eigenvalue weighted by atomic mass is 9.97. The molecule has 1 heterocycles. The molecule has 5 aromatic rings. The van der Waals surface area contributed by atoms with Gasteiger partial charge in [0.05, 0.1) is 37.3 Å². The van der Waals surface area contributed by atoms with Crippen LogP contribution in [0.25, 0.3) is 16.8 Å². The van der Waals surface area contributed by atoms with Crippen LogP contribution in [0.3, 0.4) is 0 Å². The van der Waals surface area contributed by atoms with Gasteiger partial charge < -0.3 is 0 Å². The predicted octanol–water partition coefficient (Wildman–Crippen LogP) is 8.35. The summed E-state index contributed by atoms with van der Waals surface area (Å²) in [5, 5.41) is 14.8. The first-order chi connectivity index (χ1) is 26.5. The summed E-state index contributed by atoms with van der Waals surface area (Å²) in [5.41, 5.74) is -1.77. The highest BCUT2D eigenvalue weighted by atomic mass is 35.5. The smallest absolute Gasteiger partial charge is 0.268 e. The lowest BCUT2D eigenvalue weighted by molar-refractivity contribution is -0.137. The number of nitrogens with one attached hydrogen (secondary N) is 2. The van der Waals surface area contributed by atoms with Gasteiger partial charge in [0.2, 0.25) is 10.0 Å². The Hall–Kier alpha value is -5.08. The number of carbonyl (C=O) groups is 1. The fourth-order valence-electron chi connectivity index (χ4n) is 5.94. The van der Waals surface area contributed by atoms with Gasteiger partial charge in [0.25, 0.3) is 15.9 Å². The van der Waals surface area contributed by atoms with Gasteiger partial charge in [-0.15, -0.1) is 0 Å². The summed E-state index contributed by atoms with van der Waals surface area (Å²) in [5.74, 6) is -1.80. The Bertz CT molecular complexity index is 2540. The van der Waals surface area contributed by atoms with Crippen molar-refractivity contribution in [3.05, 3.63) is 129 Å². The third kappa shape index (κ3) is 9.30. The number of sulfonamides is 2. The van der Waals surface area contributed by atoms with Gasteiger partial charge in [-0.05, 0) is 72.9 Å². The summed E-state index contributed by atoms with van der Waals surface area (Å²) >= 11 is 6.07. The van der Waals surface area contributed by atoms with Crippen LogP contribution < -0.4 is 9.44 Å². The zero-order chi connectivity index (χ0) is 40.8. The quantitative estimate of drug-likeness (QED) is 0.0795. The highest BCUT2D eigenvalue weighted by Gasteiger charge is 2.36. The molecule has 0 saturated heterocycles. The Kier molecular flexibility index (Phi) is 13.1. The molecule has 0 fully saturated rings. The minimum atomic E-state index is -4.96. The fraction of sp³-hybridized carbons (Fsp3) is 0.256. The summed E-state index contributed by atoms with van der Waals surface area (Å²) < 4.78 is 117. The van der Waals surface area contributed by atoms with Crippen molar-refractivity contribution in [1.82, 2.24) is 19.2 Å². The van der Waals surface area contributed by atoms with E-state index in [1.807, 2.05) is 24.6 Å². The largest absolute Gasteiger partial charge is 0.418 e. The first-order valence-electron chi connectivity index (χ1n) is 17.4. The number of unbranched alkanes of at least 4 members (excludes halogenated alkanes) is 2. The van der Waals surface area contributed by atoms with Crippen molar-refractivity contribution in [2.75, 3.05) is 6.54 Å². The van der Waals surface area contributed by atoms with E-state index in [1.54, 1.807) is 6.07 Å². The maximum atomic E-state index is 16.0. The van der Waals surface area contributed by atoms with Crippen LogP contribution in [-0.4, -0.2) is 39.1 Å². The minimum absolute atomic E-state index is 0.0161. The summed E-state index contributed by atoms with van der Waals surface area (Å²) in [6, 6.07) is 19.5. The number of aryl methyl sites for hydroxylation is 1. The molecule has 0 saturated carbocycles. The first-order valence-corrected chi connectivity index (χ1v) is 20.8. The van der Waals surface area contributed by atoms with E-state index in [9.17, 15) is 40.1 Å². The summed E-state index contributed by atoms with van der Waals surface area (Å²) in [7, 11) is -8.74. The lowest BCUT2D eigenvalue weighted by Crippen LogP contribution is -2.31. The minimum Gasteiger partial charge on any atom is -0.268 e. The van der Waals surface area contributed by atoms with Gasteiger partial charge in [0, 0.05) is 24.1 Å². The topological polar surface area (TPSA) is 151 Å². The Morgan fingerprint density at radius 1 is 0.911 bits per heavy atom. The van der Waals surface area contributed by atoms with Gasteiger partial charge in [-0.2, -0.15) is 23.5 Å². The van der Waals surface area contributed by atoms with Crippen LogP contribution in [0.4, 0.5) is 17.6 Å². The van der Waals surface area contributed by atoms with Crippen molar-refractivity contribution in [3.63, 3.8) is 0 Å². The first kappa shape index (κ1) is 42.1. The molecular weight excluding hydrogens is 794 g/mol. The lowest BCUT2D eigenvalue weighted by Gasteiger charge is -2.16. The Morgan fingerprint density at radius 3 is 2.27 bits per heavy atom. The number of nitriles is 1. The summed E-state index contributed by atoms with van der Waals surface area (Å²) in [6.45, 7) is 3.79. The van der Waals surface area contributed by atoms with Gasteiger partial charge in [-0.1, -0.05) is 80.8 Å². The molecule has 0 radical (unpaired) electrons. The SMILES string of the molecule is CCCCNS(=O)(=O)c1ccc(C(F)(F)F)c(-n2nc(CCCC)c(Cc3ccc(-c4ccccc4S(=O)(=O)NC(=O)c4ccccc4Cl)cc3F)c2C#N)c1. The molecule has 0 spiro atoms. The third-order valence-corrected chi connectivity index (χ3v) is 12.0. The standard InChI is InChI=1S/C39H36ClF4N5O5S2/c1-3-5-14-34-30(36(24-45)49(47-34)35-23-27(18-19-31(35)39(42,43)44)55(51,52)46-20-6-4-2)21-26-17-16-25(22-33(26)41)28-11-8-10-15-37(28)56(53,54)48-38(50)29-12-7-9-13-32(29)40/h7-13,15-19,22-23,46H,3-6,14,20-21H2,1-2H3,(H,48,50). The van der Waals surface area contributed by atoms with Gasteiger partial charge >= 0.3 is 6.18 Å². The van der Waals surface area contributed by atoms with Gasteiger partial charge in [0.1, 0.15) is 17.6 Å². The Balaban J connectivity index is 1.56. The molecule has 56 heavy (non-hydrogen) atoms. The molecule has 0 atom stereocenters. The second kappa shape index (κ2) is 17.4. The van der Waals surface area contributed by atoms with Crippen LogP contribution in [0.2, 0.25) is 5.02 Å². The van der Waals surface area contributed by atoms with Gasteiger partial charge in [-0.3, -0.25) is 4.79 Å². The van der Waals surface area contributed by atoms with Crippen molar-refractivity contribution >= 4 is 37.6 Å². The van der Waals surface area contributed by atoms with Crippen molar-refractivity contribution in [2.24, 2.45) is 0 Å². The normalized spacial score (nSPS) is 12.0. The number of benzene rings is 4. The number of aromatic nitrogens is 2. The van der Waals surface area contributed by atoms with Crippen LogP contribution in [-0.2, 0) is 39.1 Å². The summed E-state index contributed by atoms with van der Waals surface area (Å²) in [4.78, 5) is 12.1. The molecule has 0 aliphatic carbocycles. The van der Waals surface area contributed by atoms with E-state index in [2.05, 4.69) is 9.82 Å². The van der Waals surface area contributed by atoms with Gasteiger partial charge in [-0.25, -0.2) is 35.4 Å². The number of rotatable bonds is 15. The number of halogens is 5. The maximum Gasteiger partial charge on any atom is 0.418 e. The zero-order valence-corrected chi connectivity index (χ0v) is 32.5. The van der Waals surface area contributed by atoms with E-state index in [0.717, 1.165) is 22.9 Å². The molecule has 2 N–H and O–H groups in total. The molecule has 0 aliphatic rings. The molecule has 10 nitrogen and oxygen atoms in total. The van der Waals surface area contributed by atoms with E-state index in [0.29, 0.717) is 31.7 Å². The van der Waals surface area contributed by atoms with E-state index >= 15 is 4.39 Å². The molecule has 0 unspecified atom stereocenters. The van der Waals surface area contributed by atoms with Crippen LogP contribution in [0, 0.1) is 17.1 Å². The predicted molar refractivity (Wildman–Crippen MR) is 203 cm³/mol. The highest BCUT2D eigenvalue weighted by molar-refractivity contribution is 7.90. The molecule has 17 heteroatoms. The van der Waals surface area contributed by atoms with Crippen LogP contribution in [0.15, 0.2) is 94.7 Å². The van der Waals surface area contributed by atoms with Crippen molar-refractivity contribution in [2.45, 2.75) is 68.3 Å². The number of nitrogens with zero attached hydrogens (tertiary/aromatic N) is 3. The van der Waals surface area contributed by atoms with Crippen LogP contribution in [0.1, 0.15) is 78.0 Å². The zero-order valence-electron chi connectivity index (χ0n) is 30.1. The molecule has 294 valence electrons. The Morgan fingerprint density at radius 2 is 1.61 bits per heavy atom. The van der Waals surface area contributed by atoms with Crippen molar-refractivity contribution < 1.29 is 39.2 Å². The highest BCUT2D eigenvalue weighted by Crippen LogP contribution is 2.37. The molecule has 4 aromatic carbocycles. The molecule has 1 aromatic heterocycles. The average Bonchev–Trinajstić information content (AvgIpc) is 3.50. The fourth-order valence-corrected chi connectivity index (χ4v) is 8.45. The number of amides is 1. The molecular formula is C39H36ClF4N5O5S2. The average molecular weight is 830 g/mol. The second-order valence-electron chi connectivity index (χ2n) is 12.7. The second-order valence-corrected chi connectivity index (χ2v) is 16.5.